The Balaban J connectivity index is 3.12. The molecule has 0 N–H and O–H groups in total. The molecular formula is C11H10BrF3O. The monoisotopic (exact) mass is 294 g/mol. The predicted octanol–water partition coefficient (Wildman–Crippen LogP) is 4.12. The van der Waals surface area contributed by atoms with Gasteiger partial charge in [0.25, 0.3) is 0 Å². The fourth-order valence-electron chi connectivity index (χ4n) is 1.23. The number of benzene rings is 1. The summed E-state index contributed by atoms with van der Waals surface area (Å²) in [6.45, 7) is 0. The van der Waals surface area contributed by atoms with Gasteiger partial charge in [0, 0.05) is 5.33 Å². The minimum atomic E-state index is -4.39. The molecule has 0 amide bonds. The number of hydrogen-bond acceptors (Lipinski definition) is 1. The third kappa shape index (κ3) is 3.27. The number of allylic oxidation sites excluding steroid dienone is 1. The number of alkyl halides is 4. The van der Waals surface area contributed by atoms with Gasteiger partial charge in [-0.2, -0.15) is 13.2 Å². The Morgan fingerprint density at radius 3 is 2.56 bits per heavy atom. The normalized spacial score (nSPS) is 12.1. The van der Waals surface area contributed by atoms with E-state index in [1.807, 2.05) is 0 Å². The SMILES string of the molecule is COc1cc(C=CCBr)ccc1C(F)(F)F. The summed E-state index contributed by atoms with van der Waals surface area (Å²) in [6.07, 6.45) is -0.873. The summed E-state index contributed by atoms with van der Waals surface area (Å²) < 4.78 is 42.3. The van der Waals surface area contributed by atoms with Crippen LogP contribution in [0, 0.1) is 0 Å². The maximum atomic E-state index is 12.5. The first-order chi connectivity index (χ1) is 7.49. The lowest BCUT2D eigenvalue weighted by molar-refractivity contribution is -0.138. The van der Waals surface area contributed by atoms with Gasteiger partial charge in [-0.1, -0.05) is 34.1 Å². The van der Waals surface area contributed by atoms with Crippen LogP contribution in [0.4, 0.5) is 13.2 Å². The van der Waals surface area contributed by atoms with Gasteiger partial charge in [0.15, 0.2) is 0 Å². The molecule has 0 bridgehead atoms. The molecule has 1 nitrogen and oxygen atoms in total. The summed E-state index contributed by atoms with van der Waals surface area (Å²) in [5.41, 5.74) is -0.0877. The highest BCUT2D eigenvalue weighted by molar-refractivity contribution is 9.09. The third-order valence-electron chi connectivity index (χ3n) is 1.93. The molecule has 5 heteroatoms. The van der Waals surface area contributed by atoms with Crippen LogP contribution in [-0.4, -0.2) is 12.4 Å². The van der Waals surface area contributed by atoms with Crippen molar-refractivity contribution >= 4 is 22.0 Å². The summed E-state index contributed by atoms with van der Waals surface area (Å²) in [7, 11) is 1.22. The van der Waals surface area contributed by atoms with Crippen LogP contribution in [-0.2, 0) is 6.18 Å². The zero-order chi connectivity index (χ0) is 12.2. The van der Waals surface area contributed by atoms with Gasteiger partial charge in [0.05, 0.1) is 12.7 Å². The van der Waals surface area contributed by atoms with Crippen LogP contribution in [0.25, 0.3) is 6.08 Å². The standard InChI is InChI=1S/C11H10BrF3O/c1-16-10-7-8(3-2-6-12)4-5-9(10)11(13,14)15/h2-5,7H,6H2,1H3. The molecule has 16 heavy (non-hydrogen) atoms. The second-order valence-electron chi connectivity index (χ2n) is 3.01. The van der Waals surface area contributed by atoms with Crippen LogP contribution in [0.5, 0.6) is 5.75 Å². The molecule has 0 aliphatic carbocycles. The zero-order valence-corrected chi connectivity index (χ0v) is 10.1. The van der Waals surface area contributed by atoms with E-state index in [2.05, 4.69) is 15.9 Å². The smallest absolute Gasteiger partial charge is 0.419 e. The first kappa shape index (κ1) is 13.1. The third-order valence-corrected chi connectivity index (χ3v) is 2.30. The van der Waals surface area contributed by atoms with Crippen molar-refractivity contribution < 1.29 is 17.9 Å². The van der Waals surface area contributed by atoms with E-state index in [0.29, 0.717) is 10.9 Å². The van der Waals surface area contributed by atoms with Crippen molar-refractivity contribution in [1.29, 1.82) is 0 Å². The topological polar surface area (TPSA) is 9.23 Å². The predicted molar refractivity (Wildman–Crippen MR) is 60.8 cm³/mol. The summed E-state index contributed by atoms with van der Waals surface area (Å²) in [6, 6.07) is 3.79. The number of hydrogen-bond donors (Lipinski definition) is 0. The Morgan fingerprint density at radius 2 is 2.06 bits per heavy atom. The molecule has 1 aromatic carbocycles. The molecule has 0 heterocycles. The number of ether oxygens (including phenoxy) is 1. The minimum Gasteiger partial charge on any atom is -0.496 e. The summed E-state index contributed by atoms with van der Waals surface area (Å²) >= 11 is 3.19. The van der Waals surface area contributed by atoms with E-state index in [9.17, 15) is 13.2 Å². The van der Waals surface area contributed by atoms with Crippen molar-refractivity contribution in [2.24, 2.45) is 0 Å². The molecule has 0 radical (unpaired) electrons. The molecule has 0 aromatic heterocycles. The summed E-state index contributed by atoms with van der Waals surface area (Å²) in [4.78, 5) is 0. The average Bonchev–Trinajstić information content (AvgIpc) is 2.24. The van der Waals surface area contributed by atoms with E-state index in [1.54, 1.807) is 12.2 Å². The highest BCUT2D eigenvalue weighted by Crippen LogP contribution is 2.36. The van der Waals surface area contributed by atoms with Gasteiger partial charge in [-0.3, -0.25) is 0 Å². The Kier molecular flexibility index (Phi) is 4.41. The van der Waals surface area contributed by atoms with Gasteiger partial charge in [-0.15, -0.1) is 0 Å². The van der Waals surface area contributed by atoms with Crippen molar-refractivity contribution in [2.75, 3.05) is 12.4 Å². The van der Waals surface area contributed by atoms with Crippen LogP contribution in [0.2, 0.25) is 0 Å². The lowest BCUT2D eigenvalue weighted by Crippen LogP contribution is -2.07. The summed E-state index contributed by atoms with van der Waals surface area (Å²) in [5, 5.41) is 0.649. The zero-order valence-electron chi connectivity index (χ0n) is 8.51. The molecule has 0 saturated carbocycles. The molecule has 0 spiro atoms. The van der Waals surface area contributed by atoms with E-state index in [1.165, 1.54) is 19.2 Å². The Hall–Kier alpha value is -0.970. The molecule has 0 unspecified atom stereocenters. The van der Waals surface area contributed by atoms with E-state index < -0.39 is 11.7 Å². The molecule has 0 aliphatic heterocycles. The van der Waals surface area contributed by atoms with Gasteiger partial charge in [-0.25, -0.2) is 0 Å². The van der Waals surface area contributed by atoms with Crippen molar-refractivity contribution in [1.82, 2.24) is 0 Å². The Bertz CT molecular complexity index is 385. The highest BCUT2D eigenvalue weighted by atomic mass is 79.9. The maximum absolute atomic E-state index is 12.5. The van der Waals surface area contributed by atoms with Gasteiger partial charge in [0.2, 0.25) is 0 Å². The van der Waals surface area contributed by atoms with Gasteiger partial charge in [0.1, 0.15) is 5.75 Å². The second-order valence-corrected chi connectivity index (χ2v) is 3.66. The molecular weight excluding hydrogens is 285 g/mol. The first-order valence-corrected chi connectivity index (χ1v) is 5.59. The number of halogens is 4. The molecule has 0 fully saturated rings. The molecule has 0 aliphatic rings. The van der Waals surface area contributed by atoms with Crippen molar-refractivity contribution in [3.63, 3.8) is 0 Å². The van der Waals surface area contributed by atoms with Crippen LogP contribution in [0.15, 0.2) is 24.3 Å². The maximum Gasteiger partial charge on any atom is 0.419 e. The van der Waals surface area contributed by atoms with E-state index in [0.717, 1.165) is 6.07 Å². The first-order valence-electron chi connectivity index (χ1n) is 4.46. The van der Waals surface area contributed by atoms with Crippen molar-refractivity contribution in [3.05, 3.63) is 35.4 Å². The van der Waals surface area contributed by atoms with Gasteiger partial charge < -0.3 is 4.74 Å². The van der Waals surface area contributed by atoms with E-state index in [4.69, 9.17) is 4.74 Å². The van der Waals surface area contributed by atoms with Crippen LogP contribution in [0.1, 0.15) is 11.1 Å². The van der Waals surface area contributed by atoms with Gasteiger partial charge >= 0.3 is 6.18 Å². The number of methoxy groups -OCH3 is 1. The van der Waals surface area contributed by atoms with Crippen LogP contribution < -0.4 is 4.74 Å². The lowest BCUT2D eigenvalue weighted by Gasteiger charge is -2.12. The van der Waals surface area contributed by atoms with Crippen molar-refractivity contribution in [2.45, 2.75) is 6.18 Å². The molecule has 1 rings (SSSR count). The number of rotatable bonds is 3. The average molecular weight is 295 g/mol. The minimum absolute atomic E-state index is 0.163. The van der Waals surface area contributed by atoms with Crippen LogP contribution >= 0.6 is 15.9 Å². The lowest BCUT2D eigenvalue weighted by atomic mass is 10.1. The van der Waals surface area contributed by atoms with Gasteiger partial charge in [-0.05, 0) is 17.7 Å². The Labute approximate surface area is 100 Å². The van der Waals surface area contributed by atoms with Crippen LogP contribution in [0.3, 0.4) is 0 Å². The quantitative estimate of drug-likeness (QED) is 0.762. The molecule has 88 valence electrons. The molecule has 0 saturated heterocycles. The Morgan fingerprint density at radius 1 is 1.38 bits per heavy atom. The molecule has 1 aromatic rings. The fourth-order valence-corrected chi connectivity index (χ4v) is 1.41. The second kappa shape index (κ2) is 5.39. The highest BCUT2D eigenvalue weighted by Gasteiger charge is 2.34. The summed E-state index contributed by atoms with van der Waals surface area (Å²) in [5.74, 6) is -0.163. The van der Waals surface area contributed by atoms with E-state index >= 15 is 0 Å². The largest absolute Gasteiger partial charge is 0.496 e. The molecule has 0 atom stereocenters. The van der Waals surface area contributed by atoms with E-state index in [-0.39, 0.29) is 5.75 Å². The fraction of sp³-hybridized carbons (Fsp3) is 0.273. The van der Waals surface area contributed by atoms with Crippen molar-refractivity contribution in [3.8, 4) is 5.75 Å².